The summed E-state index contributed by atoms with van der Waals surface area (Å²) in [5.74, 6) is 0. The third-order valence-corrected chi connectivity index (χ3v) is 6.37. The predicted octanol–water partition coefficient (Wildman–Crippen LogP) is 8.86. The van der Waals surface area contributed by atoms with Gasteiger partial charge in [0.25, 0.3) is 0 Å². The molecule has 0 aliphatic rings. The quantitative estimate of drug-likeness (QED) is 0.321. The van der Waals surface area contributed by atoms with Gasteiger partial charge in [0.15, 0.2) is 0 Å². The van der Waals surface area contributed by atoms with Crippen molar-refractivity contribution in [1.82, 2.24) is 0 Å². The predicted molar refractivity (Wildman–Crippen MR) is 145 cm³/mol. The van der Waals surface area contributed by atoms with Crippen molar-refractivity contribution in [2.75, 3.05) is 5.73 Å². The van der Waals surface area contributed by atoms with Gasteiger partial charge >= 0.3 is 0 Å². The molecule has 1 heteroatoms. The van der Waals surface area contributed by atoms with Crippen LogP contribution in [0.2, 0.25) is 0 Å². The maximum absolute atomic E-state index is 6.91. The molecule has 0 aliphatic heterocycles. The lowest BCUT2D eigenvalue weighted by Crippen LogP contribution is -2.11. The first-order chi connectivity index (χ1) is 15.5. The van der Waals surface area contributed by atoms with Gasteiger partial charge in [0, 0.05) is 16.8 Å². The molecule has 0 fully saturated rings. The zero-order valence-corrected chi connectivity index (χ0v) is 20.7. The van der Waals surface area contributed by atoms with Crippen LogP contribution in [0.3, 0.4) is 0 Å². The van der Waals surface area contributed by atoms with Crippen LogP contribution in [0.25, 0.3) is 33.4 Å². The second-order valence-corrected chi connectivity index (χ2v) is 11.0. The zero-order chi connectivity index (χ0) is 23.8. The Morgan fingerprint density at radius 1 is 0.455 bits per heavy atom. The van der Waals surface area contributed by atoms with E-state index in [-0.39, 0.29) is 10.8 Å². The van der Waals surface area contributed by atoms with E-state index in [1.54, 1.807) is 0 Å². The number of nitrogen functional groups attached to an aromatic ring is 1. The molecule has 0 aromatic heterocycles. The van der Waals surface area contributed by atoms with Gasteiger partial charge in [-0.1, -0.05) is 120 Å². The van der Waals surface area contributed by atoms with Crippen molar-refractivity contribution in [3.63, 3.8) is 0 Å². The highest BCUT2D eigenvalue weighted by Crippen LogP contribution is 2.41. The number of rotatable bonds is 3. The van der Waals surface area contributed by atoms with Crippen molar-refractivity contribution in [2.24, 2.45) is 0 Å². The molecular weight excluding hydrogens is 398 g/mol. The standard InChI is InChI=1S/C32H35N/c1-31(2,3)26-16-10-14-23(18-26)28-20-25(22-12-8-7-9-13-22)21-29(30(28)33)24-15-11-17-27(19-24)32(4,5)6/h7-21H,33H2,1-6H3. The molecule has 0 unspecified atom stereocenters. The second-order valence-electron chi connectivity index (χ2n) is 11.0. The molecule has 0 saturated carbocycles. The Morgan fingerprint density at radius 2 is 0.879 bits per heavy atom. The van der Waals surface area contributed by atoms with Gasteiger partial charge in [-0.05, 0) is 56.3 Å². The first-order valence-corrected chi connectivity index (χ1v) is 11.7. The van der Waals surface area contributed by atoms with Crippen LogP contribution in [-0.2, 0) is 10.8 Å². The van der Waals surface area contributed by atoms with E-state index in [1.807, 2.05) is 0 Å². The molecule has 0 amide bonds. The number of anilines is 1. The Balaban J connectivity index is 1.97. The van der Waals surface area contributed by atoms with E-state index in [0.717, 1.165) is 27.9 Å². The molecule has 0 spiro atoms. The third-order valence-electron chi connectivity index (χ3n) is 6.37. The maximum atomic E-state index is 6.91. The Labute approximate surface area is 199 Å². The molecule has 0 atom stereocenters. The van der Waals surface area contributed by atoms with Crippen LogP contribution < -0.4 is 5.73 Å². The van der Waals surface area contributed by atoms with Crippen LogP contribution in [0.4, 0.5) is 5.69 Å². The lowest BCUT2D eigenvalue weighted by Gasteiger charge is -2.22. The minimum Gasteiger partial charge on any atom is -0.398 e. The average molecular weight is 434 g/mol. The van der Waals surface area contributed by atoms with E-state index in [4.69, 9.17) is 5.73 Å². The SMILES string of the molecule is CC(C)(C)c1cccc(-c2cc(-c3ccccc3)cc(-c3cccc(C(C)(C)C)c3)c2N)c1. The van der Waals surface area contributed by atoms with Crippen molar-refractivity contribution in [1.29, 1.82) is 0 Å². The largest absolute Gasteiger partial charge is 0.398 e. The molecule has 33 heavy (non-hydrogen) atoms. The number of benzene rings is 4. The van der Waals surface area contributed by atoms with Gasteiger partial charge in [-0.25, -0.2) is 0 Å². The van der Waals surface area contributed by atoms with Crippen molar-refractivity contribution in [3.05, 3.63) is 102 Å². The molecule has 0 saturated heterocycles. The van der Waals surface area contributed by atoms with E-state index in [1.165, 1.54) is 22.3 Å². The van der Waals surface area contributed by atoms with Gasteiger partial charge < -0.3 is 5.73 Å². The van der Waals surface area contributed by atoms with Gasteiger partial charge in [0.1, 0.15) is 0 Å². The number of hydrogen-bond acceptors (Lipinski definition) is 1. The van der Waals surface area contributed by atoms with Crippen molar-refractivity contribution < 1.29 is 0 Å². The first-order valence-electron chi connectivity index (χ1n) is 11.7. The minimum atomic E-state index is 0.0751. The third kappa shape index (κ3) is 4.88. The Hall–Kier alpha value is -3.32. The molecule has 0 aliphatic carbocycles. The Bertz CT molecular complexity index is 1190. The van der Waals surface area contributed by atoms with E-state index in [2.05, 4.69) is 133 Å². The lowest BCUT2D eigenvalue weighted by atomic mass is 9.83. The summed E-state index contributed by atoms with van der Waals surface area (Å²) >= 11 is 0. The summed E-state index contributed by atoms with van der Waals surface area (Å²) < 4.78 is 0. The highest BCUT2D eigenvalue weighted by atomic mass is 14.6. The summed E-state index contributed by atoms with van der Waals surface area (Å²) in [7, 11) is 0. The van der Waals surface area contributed by atoms with E-state index >= 15 is 0 Å². The lowest BCUT2D eigenvalue weighted by molar-refractivity contribution is 0.590. The van der Waals surface area contributed by atoms with Crippen molar-refractivity contribution in [3.8, 4) is 33.4 Å². The van der Waals surface area contributed by atoms with Crippen LogP contribution in [-0.4, -0.2) is 0 Å². The summed E-state index contributed by atoms with van der Waals surface area (Å²) in [5.41, 5.74) is 17.4. The summed E-state index contributed by atoms with van der Waals surface area (Å²) in [6, 6.07) is 32.7. The van der Waals surface area contributed by atoms with Crippen LogP contribution >= 0.6 is 0 Å². The molecule has 4 aromatic carbocycles. The van der Waals surface area contributed by atoms with Gasteiger partial charge in [0.05, 0.1) is 0 Å². The highest BCUT2D eigenvalue weighted by Gasteiger charge is 2.19. The summed E-state index contributed by atoms with van der Waals surface area (Å²) in [6.07, 6.45) is 0. The first kappa shape index (κ1) is 22.9. The Morgan fingerprint density at radius 3 is 1.30 bits per heavy atom. The summed E-state index contributed by atoms with van der Waals surface area (Å²) in [6.45, 7) is 13.5. The molecule has 0 bridgehead atoms. The molecule has 4 rings (SSSR count). The van der Waals surface area contributed by atoms with Crippen molar-refractivity contribution >= 4 is 5.69 Å². The summed E-state index contributed by atoms with van der Waals surface area (Å²) in [5, 5.41) is 0. The van der Waals surface area contributed by atoms with Crippen molar-refractivity contribution in [2.45, 2.75) is 52.4 Å². The topological polar surface area (TPSA) is 26.0 Å². The fraction of sp³-hybridized carbons (Fsp3) is 0.250. The fourth-order valence-electron chi connectivity index (χ4n) is 4.23. The van der Waals surface area contributed by atoms with Gasteiger partial charge in [-0.15, -0.1) is 0 Å². The highest BCUT2D eigenvalue weighted by molar-refractivity contribution is 5.93. The molecule has 4 aromatic rings. The van der Waals surface area contributed by atoms with Crippen LogP contribution in [0.15, 0.2) is 91.0 Å². The fourth-order valence-corrected chi connectivity index (χ4v) is 4.23. The number of hydrogen-bond donors (Lipinski definition) is 1. The molecule has 0 heterocycles. The molecular formula is C32H35N. The number of nitrogens with two attached hydrogens (primary N) is 1. The average Bonchev–Trinajstić information content (AvgIpc) is 2.79. The molecule has 168 valence electrons. The van der Waals surface area contributed by atoms with Crippen LogP contribution in [0.5, 0.6) is 0 Å². The van der Waals surface area contributed by atoms with E-state index in [0.29, 0.717) is 0 Å². The smallest absolute Gasteiger partial charge is 0.0473 e. The van der Waals surface area contributed by atoms with Gasteiger partial charge in [0.2, 0.25) is 0 Å². The van der Waals surface area contributed by atoms with E-state index < -0.39 is 0 Å². The second kappa shape index (κ2) is 8.56. The monoisotopic (exact) mass is 433 g/mol. The molecule has 2 N–H and O–H groups in total. The summed E-state index contributed by atoms with van der Waals surface area (Å²) in [4.78, 5) is 0. The zero-order valence-electron chi connectivity index (χ0n) is 20.7. The maximum Gasteiger partial charge on any atom is 0.0473 e. The van der Waals surface area contributed by atoms with Crippen LogP contribution in [0, 0.1) is 0 Å². The van der Waals surface area contributed by atoms with Gasteiger partial charge in [-0.3, -0.25) is 0 Å². The normalized spacial score (nSPS) is 12.1. The van der Waals surface area contributed by atoms with Gasteiger partial charge in [-0.2, -0.15) is 0 Å². The minimum absolute atomic E-state index is 0.0751. The Kier molecular flexibility index (Phi) is 5.93. The molecule has 0 radical (unpaired) electrons. The molecule has 1 nitrogen and oxygen atoms in total. The van der Waals surface area contributed by atoms with Crippen LogP contribution in [0.1, 0.15) is 52.7 Å². The van der Waals surface area contributed by atoms with E-state index in [9.17, 15) is 0 Å².